The number of fused-ring (bicyclic) bond motifs is 4. The van der Waals surface area contributed by atoms with Crippen LogP contribution < -0.4 is 5.19 Å². The first-order valence-corrected chi connectivity index (χ1v) is 23.4. The van der Waals surface area contributed by atoms with Crippen molar-refractivity contribution in [2.24, 2.45) is 0 Å². The molecule has 0 unspecified atom stereocenters. The number of benzene rings is 6. The molecule has 62 heavy (non-hydrogen) atoms. The number of carbonyl (C=O) groups is 1. The summed E-state index contributed by atoms with van der Waals surface area (Å²) >= 11 is 0. The van der Waals surface area contributed by atoms with Gasteiger partial charge in [0.05, 0.1) is 47.5 Å². The molecule has 6 aromatic carbocycles. The van der Waals surface area contributed by atoms with Crippen LogP contribution >= 0.6 is 0 Å². The van der Waals surface area contributed by atoms with Crippen LogP contribution in [0.3, 0.4) is 0 Å². The van der Waals surface area contributed by atoms with Gasteiger partial charge in [0.2, 0.25) is 0 Å². The van der Waals surface area contributed by atoms with Crippen molar-refractivity contribution >= 4 is 52.2 Å². The number of hydrogen-bond donors (Lipinski definition) is 1. The first-order chi connectivity index (χ1) is 29.7. The number of para-hydroxylation sites is 1. The van der Waals surface area contributed by atoms with Crippen LogP contribution in [0.4, 0.5) is 0 Å². The fourth-order valence-electron chi connectivity index (χ4n) is 7.69. The van der Waals surface area contributed by atoms with Crippen molar-refractivity contribution in [1.82, 2.24) is 19.5 Å². The van der Waals surface area contributed by atoms with E-state index in [0.717, 1.165) is 72.3 Å². The molecule has 0 saturated carbocycles. The third-order valence-electron chi connectivity index (χ3n) is 10.7. The Hall–Kier alpha value is -6.81. The summed E-state index contributed by atoms with van der Waals surface area (Å²) < 4.78 is 8.55. The average Bonchev–Trinajstić information content (AvgIpc) is 3.89. The van der Waals surface area contributed by atoms with Gasteiger partial charge in [0.15, 0.2) is 0 Å². The van der Waals surface area contributed by atoms with Crippen molar-refractivity contribution in [3.8, 4) is 50.6 Å². The second kappa shape index (κ2) is 17.7. The van der Waals surface area contributed by atoms with E-state index in [1.54, 1.807) is 18.3 Å². The Morgan fingerprint density at radius 2 is 1.42 bits per heavy atom. The second-order valence-electron chi connectivity index (χ2n) is 15.7. The first-order valence-electron chi connectivity index (χ1n) is 19.9. The molecule has 1 N–H and O–H groups in total. The van der Waals surface area contributed by atoms with E-state index in [9.17, 15) is 10.1 Å². The normalized spacial score (nSPS) is 11.2. The predicted molar refractivity (Wildman–Crippen MR) is 246 cm³/mol. The maximum absolute atomic E-state index is 12.8. The maximum atomic E-state index is 12.8. The molecule has 0 amide bonds. The molecule has 4 aromatic heterocycles. The largest absolute Gasteiger partial charge is 0.501 e. The Bertz CT molecular complexity index is 3120. The van der Waals surface area contributed by atoms with E-state index in [2.05, 4.69) is 63.3 Å². The third kappa shape index (κ3) is 8.04. The molecule has 0 atom stereocenters. The summed E-state index contributed by atoms with van der Waals surface area (Å²) in [4.78, 5) is 31.4. The van der Waals surface area contributed by atoms with Crippen molar-refractivity contribution in [2.75, 3.05) is 0 Å². The van der Waals surface area contributed by atoms with Crippen LogP contribution in [0.5, 0.6) is 0 Å². The van der Waals surface area contributed by atoms with Crippen molar-refractivity contribution < 1.29 is 39.5 Å². The number of imidazole rings is 1. The number of aryl methyl sites for hydroxylation is 1. The second-order valence-corrected chi connectivity index (χ2v) is 20.8. The number of rotatable bonds is 7. The van der Waals surface area contributed by atoms with Crippen LogP contribution in [-0.4, -0.2) is 38.8 Å². The van der Waals surface area contributed by atoms with Crippen molar-refractivity contribution in [1.29, 1.82) is 0 Å². The van der Waals surface area contributed by atoms with Crippen LogP contribution in [0.15, 0.2) is 168 Å². The van der Waals surface area contributed by atoms with Crippen molar-refractivity contribution in [2.45, 2.75) is 26.6 Å². The van der Waals surface area contributed by atoms with E-state index in [-0.39, 0.29) is 25.7 Å². The Kier molecular flexibility index (Phi) is 11.9. The molecule has 0 fully saturated rings. The third-order valence-corrected chi connectivity index (χ3v) is 12.8. The minimum Gasteiger partial charge on any atom is -0.501 e. The minimum absolute atomic E-state index is 0. The van der Waals surface area contributed by atoms with Gasteiger partial charge in [0, 0.05) is 49.0 Å². The van der Waals surface area contributed by atoms with Gasteiger partial charge in [-0.15, -0.1) is 54.1 Å². The molecule has 0 bridgehead atoms. The molecule has 8 nitrogen and oxygen atoms in total. The SMILES string of the molecule is C[Si](C)(C)c1ccc(-c2[c-]cccc2)nc1.Cc1nccc2nc(-c3[c-]ccc4c3oc3ccccc34)n(-c3c(-c4ccccc4)cc(C(=O)OO)cc3-c3ccccc3)c12.[Ir]. The fraction of sp³-hybridized carbons (Fsp3) is 0.0769. The standard InChI is InChI=1S/C38H24N3O4.C14H16NSi.Ir/c1-23-34-32(19-20-39-23)40-37(29-17-10-16-28-27-15-8-9-18-33(27)44-36(28)29)41(34)35-30(24-11-4-2-5-12-24)21-26(38(42)45-43)22-31(35)25-13-6-3-7-14-25;1-16(2,3)13-9-10-14(15-11-13)12-7-5-4-6-8-12;/h2-16,18-22,43H,1H3;4-7,9-11H,1-3H3;/q2*-1;. The Labute approximate surface area is 373 Å². The van der Waals surface area contributed by atoms with E-state index in [4.69, 9.17) is 9.40 Å². The molecule has 0 spiro atoms. The number of nitrogens with zero attached hydrogens (tertiary/aromatic N) is 4. The van der Waals surface area contributed by atoms with Crippen molar-refractivity contribution in [3.05, 3.63) is 187 Å². The van der Waals surface area contributed by atoms with Crippen molar-refractivity contribution in [3.63, 3.8) is 0 Å². The smallest absolute Gasteiger partial charge is 0.372 e. The number of aromatic nitrogens is 4. The van der Waals surface area contributed by atoms with Gasteiger partial charge >= 0.3 is 5.97 Å². The van der Waals surface area contributed by atoms with Gasteiger partial charge in [-0.1, -0.05) is 122 Å². The molecular weight excluding hydrogens is 965 g/mol. The van der Waals surface area contributed by atoms with Crippen LogP contribution in [-0.2, 0) is 25.0 Å². The van der Waals surface area contributed by atoms with Gasteiger partial charge in [-0.2, -0.15) is 5.26 Å². The fourth-order valence-corrected chi connectivity index (χ4v) is 8.73. The Balaban J connectivity index is 0.000000263. The van der Waals surface area contributed by atoms with Crippen LogP contribution in [0.1, 0.15) is 16.1 Å². The topological polar surface area (TPSA) is 103 Å². The summed E-state index contributed by atoms with van der Waals surface area (Å²) in [5.74, 6) is -0.248. The molecule has 4 heterocycles. The Morgan fingerprint density at radius 3 is 2.05 bits per heavy atom. The van der Waals surface area contributed by atoms with Gasteiger partial charge in [-0.25, -0.2) is 4.79 Å². The van der Waals surface area contributed by atoms with Crippen LogP contribution in [0.2, 0.25) is 19.6 Å². The predicted octanol–water partition coefficient (Wildman–Crippen LogP) is 12.2. The van der Waals surface area contributed by atoms with E-state index in [1.807, 2.05) is 141 Å². The van der Waals surface area contributed by atoms with Crippen LogP contribution in [0, 0.1) is 19.1 Å². The summed E-state index contributed by atoms with van der Waals surface area (Å²) in [6.45, 7) is 8.95. The van der Waals surface area contributed by atoms with Gasteiger partial charge in [-0.05, 0) is 53.2 Å². The molecular formula is C52H40IrN4O4Si-2. The van der Waals surface area contributed by atoms with E-state index >= 15 is 0 Å². The molecule has 0 aliphatic rings. The summed E-state index contributed by atoms with van der Waals surface area (Å²) in [7, 11) is -1.23. The minimum atomic E-state index is -1.23. The van der Waals surface area contributed by atoms with E-state index < -0.39 is 14.0 Å². The van der Waals surface area contributed by atoms with Gasteiger partial charge in [0.1, 0.15) is 5.58 Å². The first kappa shape index (κ1) is 41.9. The number of carbonyl (C=O) groups excluding carboxylic acids is 1. The summed E-state index contributed by atoms with van der Waals surface area (Å²) in [6, 6.07) is 55.7. The van der Waals surface area contributed by atoms with E-state index in [1.165, 1.54) is 5.19 Å². The van der Waals surface area contributed by atoms with Gasteiger partial charge in [0.25, 0.3) is 0 Å². The number of hydrogen-bond acceptors (Lipinski definition) is 7. The number of pyridine rings is 2. The molecule has 0 aliphatic heterocycles. The molecule has 0 aliphatic carbocycles. The van der Waals surface area contributed by atoms with E-state index in [0.29, 0.717) is 17.0 Å². The Morgan fingerprint density at radius 1 is 0.742 bits per heavy atom. The quantitative estimate of drug-likeness (QED) is 0.0734. The molecule has 0 saturated heterocycles. The zero-order valence-corrected chi connectivity index (χ0v) is 37.8. The summed E-state index contributed by atoms with van der Waals surface area (Å²) in [5, 5.41) is 12.8. The zero-order chi connectivity index (χ0) is 42.1. The molecule has 10 aromatic rings. The molecule has 307 valence electrons. The molecule has 10 heteroatoms. The molecule has 10 rings (SSSR count). The number of furan rings is 1. The summed E-state index contributed by atoms with van der Waals surface area (Å²) in [6.07, 6.45) is 3.77. The van der Waals surface area contributed by atoms with Crippen LogP contribution in [0.25, 0.3) is 83.6 Å². The molecule has 1 radical (unpaired) electrons. The summed E-state index contributed by atoms with van der Waals surface area (Å²) in [5.41, 5.74) is 10.7. The van der Waals surface area contributed by atoms with Gasteiger partial charge < -0.3 is 14.0 Å². The maximum Gasteiger partial charge on any atom is 0.372 e. The average molecular weight is 1010 g/mol. The van der Waals surface area contributed by atoms with Gasteiger partial charge in [-0.3, -0.25) is 14.9 Å². The zero-order valence-electron chi connectivity index (χ0n) is 34.4. The monoisotopic (exact) mass is 1010 g/mol.